The predicted molar refractivity (Wildman–Crippen MR) is 62.9 cm³/mol. The van der Waals surface area contributed by atoms with Gasteiger partial charge >= 0.3 is 5.97 Å². The zero-order valence-corrected chi connectivity index (χ0v) is 10.3. The monoisotopic (exact) mass is 239 g/mol. The quantitative estimate of drug-likeness (QED) is 0.711. The van der Waals surface area contributed by atoms with Crippen LogP contribution in [0.3, 0.4) is 0 Å². The van der Waals surface area contributed by atoms with Crippen molar-refractivity contribution in [2.24, 2.45) is 0 Å². The average Bonchev–Trinajstić information content (AvgIpc) is 2.24. The third kappa shape index (κ3) is 4.03. The molecule has 0 aromatic carbocycles. The molecule has 0 fully saturated rings. The summed E-state index contributed by atoms with van der Waals surface area (Å²) < 4.78 is 11.3. The van der Waals surface area contributed by atoms with E-state index in [-0.39, 0.29) is 18.2 Å². The number of ether oxygens (including phenoxy) is 2. The normalized spacial score (nSPS) is 12.2. The van der Waals surface area contributed by atoms with E-state index in [9.17, 15) is 9.59 Å². The van der Waals surface area contributed by atoms with Gasteiger partial charge in [0.25, 0.3) is 5.56 Å². The van der Waals surface area contributed by atoms with Gasteiger partial charge in [0, 0.05) is 18.9 Å². The first kappa shape index (κ1) is 13.4. The van der Waals surface area contributed by atoms with Crippen LogP contribution in [-0.4, -0.2) is 30.4 Å². The highest BCUT2D eigenvalue weighted by molar-refractivity contribution is 5.69. The van der Waals surface area contributed by atoms with Crippen molar-refractivity contribution in [3.63, 3.8) is 0 Å². The number of aromatic nitrogens is 1. The summed E-state index contributed by atoms with van der Waals surface area (Å²) >= 11 is 0. The third-order valence-electron chi connectivity index (χ3n) is 2.29. The molecule has 1 aromatic heterocycles. The van der Waals surface area contributed by atoms with Crippen LogP contribution in [0.15, 0.2) is 23.0 Å². The van der Waals surface area contributed by atoms with E-state index in [2.05, 4.69) is 0 Å². The van der Waals surface area contributed by atoms with Crippen LogP contribution in [-0.2, 0) is 20.8 Å². The summed E-state index contributed by atoms with van der Waals surface area (Å²) in [4.78, 5) is 23.1. The molecule has 0 aliphatic heterocycles. The summed E-state index contributed by atoms with van der Waals surface area (Å²) in [6.07, 6.45) is -0.313. The minimum Gasteiger partial charge on any atom is -0.459 e. The van der Waals surface area contributed by atoms with Crippen molar-refractivity contribution >= 4 is 5.97 Å². The van der Waals surface area contributed by atoms with Gasteiger partial charge in [0.2, 0.25) is 0 Å². The Labute approximate surface area is 100.0 Å². The summed E-state index contributed by atoms with van der Waals surface area (Å²) in [6, 6.07) is 4.85. The van der Waals surface area contributed by atoms with Crippen molar-refractivity contribution in [2.45, 2.75) is 26.5 Å². The van der Waals surface area contributed by atoms with Crippen molar-refractivity contribution in [3.05, 3.63) is 34.2 Å². The standard InChI is InChI=1S/C12H17NO4/c1-9-5-4-6-11(14)13(9)7-12(15)17-10(2)8-16-3/h4-6,10H,7-8H2,1-3H3. The molecule has 5 nitrogen and oxygen atoms in total. The third-order valence-corrected chi connectivity index (χ3v) is 2.29. The number of hydrogen-bond acceptors (Lipinski definition) is 4. The average molecular weight is 239 g/mol. The molecule has 0 radical (unpaired) electrons. The molecule has 1 atom stereocenters. The first-order valence-corrected chi connectivity index (χ1v) is 5.39. The van der Waals surface area contributed by atoms with Gasteiger partial charge in [0.05, 0.1) is 6.61 Å². The number of nitrogens with zero attached hydrogens (tertiary/aromatic N) is 1. The van der Waals surface area contributed by atoms with Crippen molar-refractivity contribution < 1.29 is 14.3 Å². The van der Waals surface area contributed by atoms with Crippen LogP contribution < -0.4 is 5.56 Å². The number of hydrogen-bond donors (Lipinski definition) is 0. The first-order valence-electron chi connectivity index (χ1n) is 5.39. The van der Waals surface area contributed by atoms with Crippen LogP contribution in [0.2, 0.25) is 0 Å². The molecule has 0 bridgehead atoms. The maximum Gasteiger partial charge on any atom is 0.326 e. The number of methoxy groups -OCH3 is 1. The molecule has 1 heterocycles. The lowest BCUT2D eigenvalue weighted by atomic mass is 10.3. The Bertz CT molecular complexity index is 438. The van der Waals surface area contributed by atoms with Crippen LogP contribution in [0.25, 0.3) is 0 Å². The zero-order valence-electron chi connectivity index (χ0n) is 10.3. The van der Waals surface area contributed by atoms with Crippen molar-refractivity contribution in [3.8, 4) is 0 Å². The largest absolute Gasteiger partial charge is 0.459 e. The fourth-order valence-corrected chi connectivity index (χ4v) is 1.49. The van der Waals surface area contributed by atoms with E-state index in [1.54, 1.807) is 26.0 Å². The van der Waals surface area contributed by atoms with Crippen LogP contribution in [0, 0.1) is 6.92 Å². The SMILES string of the molecule is COCC(C)OC(=O)Cn1c(C)cccc1=O. The number of carbonyl (C=O) groups excluding carboxylic acids is 1. The van der Waals surface area contributed by atoms with E-state index >= 15 is 0 Å². The minimum absolute atomic E-state index is 0.0699. The van der Waals surface area contributed by atoms with E-state index < -0.39 is 5.97 Å². The topological polar surface area (TPSA) is 57.5 Å². The Balaban J connectivity index is 2.65. The molecule has 0 aliphatic rings. The minimum atomic E-state index is -0.439. The van der Waals surface area contributed by atoms with Gasteiger partial charge in [-0.1, -0.05) is 6.07 Å². The highest BCUT2D eigenvalue weighted by Crippen LogP contribution is 1.97. The Hall–Kier alpha value is -1.62. The van der Waals surface area contributed by atoms with E-state index in [1.807, 2.05) is 0 Å². The maximum atomic E-state index is 11.6. The summed E-state index contributed by atoms with van der Waals surface area (Å²) in [5.41, 5.74) is 0.523. The summed E-state index contributed by atoms with van der Waals surface area (Å²) in [6.45, 7) is 3.78. The van der Waals surface area contributed by atoms with Gasteiger partial charge in [-0.2, -0.15) is 0 Å². The zero-order chi connectivity index (χ0) is 12.8. The molecule has 0 saturated carbocycles. The molecule has 0 amide bonds. The Morgan fingerprint density at radius 2 is 2.18 bits per heavy atom. The van der Waals surface area contributed by atoms with Gasteiger partial charge in [-0.05, 0) is 19.9 Å². The molecule has 1 aromatic rings. The lowest BCUT2D eigenvalue weighted by molar-refractivity contribution is -0.151. The fraction of sp³-hybridized carbons (Fsp3) is 0.500. The van der Waals surface area contributed by atoms with Crippen molar-refractivity contribution in [2.75, 3.05) is 13.7 Å². The van der Waals surface area contributed by atoms with Gasteiger partial charge in [-0.15, -0.1) is 0 Å². The second-order valence-electron chi connectivity index (χ2n) is 3.85. The summed E-state index contributed by atoms with van der Waals surface area (Å²) in [5.74, 6) is -0.439. The molecule has 0 spiro atoms. The second-order valence-corrected chi connectivity index (χ2v) is 3.85. The van der Waals surface area contributed by atoms with E-state index in [0.717, 1.165) is 5.69 Å². The number of rotatable bonds is 5. The molecule has 1 rings (SSSR count). The molecule has 17 heavy (non-hydrogen) atoms. The first-order chi connectivity index (χ1) is 8.04. The predicted octanol–water partition coefficient (Wildman–Crippen LogP) is 0.735. The molecular weight excluding hydrogens is 222 g/mol. The van der Waals surface area contributed by atoms with Crippen molar-refractivity contribution in [1.29, 1.82) is 0 Å². The highest BCUT2D eigenvalue weighted by atomic mass is 16.6. The summed E-state index contributed by atoms with van der Waals surface area (Å²) in [7, 11) is 1.54. The molecule has 94 valence electrons. The molecular formula is C12H17NO4. The highest BCUT2D eigenvalue weighted by Gasteiger charge is 2.11. The lowest BCUT2D eigenvalue weighted by Crippen LogP contribution is -2.29. The Kier molecular flexibility index (Phi) is 4.90. The van der Waals surface area contributed by atoms with Gasteiger partial charge in [0.15, 0.2) is 0 Å². The molecule has 5 heteroatoms. The molecule has 0 saturated heterocycles. The van der Waals surface area contributed by atoms with Crippen LogP contribution >= 0.6 is 0 Å². The van der Waals surface area contributed by atoms with Crippen LogP contribution in [0.4, 0.5) is 0 Å². The van der Waals surface area contributed by atoms with Crippen molar-refractivity contribution in [1.82, 2.24) is 4.57 Å². The number of esters is 1. The summed E-state index contributed by atoms with van der Waals surface area (Å²) in [5, 5.41) is 0. The number of aryl methyl sites for hydroxylation is 1. The van der Waals surface area contributed by atoms with Crippen LogP contribution in [0.1, 0.15) is 12.6 Å². The molecule has 0 aliphatic carbocycles. The van der Waals surface area contributed by atoms with Gasteiger partial charge < -0.3 is 14.0 Å². The smallest absolute Gasteiger partial charge is 0.326 e. The van der Waals surface area contributed by atoms with E-state index in [4.69, 9.17) is 9.47 Å². The van der Waals surface area contributed by atoms with Gasteiger partial charge in [-0.25, -0.2) is 0 Å². The molecule has 1 unspecified atom stereocenters. The number of pyridine rings is 1. The maximum absolute atomic E-state index is 11.6. The lowest BCUT2D eigenvalue weighted by Gasteiger charge is -2.13. The Morgan fingerprint density at radius 3 is 2.76 bits per heavy atom. The van der Waals surface area contributed by atoms with Gasteiger partial charge in [-0.3, -0.25) is 9.59 Å². The van der Waals surface area contributed by atoms with Gasteiger partial charge in [0.1, 0.15) is 12.6 Å². The van der Waals surface area contributed by atoms with Crippen LogP contribution in [0.5, 0.6) is 0 Å². The molecule has 0 N–H and O–H groups in total. The fourth-order valence-electron chi connectivity index (χ4n) is 1.49. The van der Waals surface area contributed by atoms with E-state index in [1.165, 1.54) is 17.7 Å². The van der Waals surface area contributed by atoms with E-state index in [0.29, 0.717) is 6.61 Å². The second kappa shape index (κ2) is 6.20. The Morgan fingerprint density at radius 1 is 1.47 bits per heavy atom. The number of carbonyl (C=O) groups is 1.